The summed E-state index contributed by atoms with van der Waals surface area (Å²) in [5.74, 6) is 0.280. The van der Waals surface area contributed by atoms with Crippen molar-refractivity contribution in [3.8, 4) is 6.07 Å². The van der Waals surface area contributed by atoms with Crippen molar-refractivity contribution in [1.29, 1.82) is 5.26 Å². The van der Waals surface area contributed by atoms with Gasteiger partial charge in [0.15, 0.2) is 0 Å². The van der Waals surface area contributed by atoms with Gasteiger partial charge in [-0.25, -0.2) is 9.37 Å². The molecule has 4 rings (SSSR count). The van der Waals surface area contributed by atoms with Gasteiger partial charge < -0.3 is 4.74 Å². The summed E-state index contributed by atoms with van der Waals surface area (Å²) in [6.45, 7) is 2.20. The maximum atomic E-state index is 13.2. The van der Waals surface area contributed by atoms with Gasteiger partial charge in [-0.1, -0.05) is 24.3 Å². The van der Waals surface area contributed by atoms with Crippen LogP contribution in [0.3, 0.4) is 0 Å². The highest BCUT2D eigenvalue weighted by Crippen LogP contribution is 2.23. The van der Waals surface area contributed by atoms with Crippen LogP contribution in [0, 0.1) is 17.1 Å². The average molecular weight is 378 g/mol. The van der Waals surface area contributed by atoms with Gasteiger partial charge >= 0.3 is 0 Å². The van der Waals surface area contributed by atoms with Crippen LogP contribution in [0.25, 0.3) is 10.9 Å². The molecule has 2 heterocycles. The van der Waals surface area contributed by atoms with Crippen molar-refractivity contribution in [3.05, 3.63) is 76.1 Å². The molecule has 0 spiro atoms. The van der Waals surface area contributed by atoms with E-state index in [2.05, 4.69) is 16.0 Å². The fraction of sp³-hybridized carbons (Fsp3) is 0.286. The molecule has 7 heteroatoms. The zero-order chi connectivity index (χ0) is 19.5. The summed E-state index contributed by atoms with van der Waals surface area (Å²) in [6.07, 6.45) is -0.175. The molecule has 28 heavy (non-hydrogen) atoms. The molecule has 0 unspecified atom stereocenters. The van der Waals surface area contributed by atoms with Crippen molar-refractivity contribution in [2.24, 2.45) is 0 Å². The van der Waals surface area contributed by atoms with Crippen molar-refractivity contribution in [3.63, 3.8) is 0 Å². The largest absolute Gasteiger partial charge is 0.371 e. The van der Waals surface area contributed by atoms with E-state index >= 15 is 0 Å². The van der Waals surface area contributed by atoms with Crippen LogP contribution in [-0.4, -0.2) is 34.1 Å². The second kappa shape index (κ2) is 7.89. The van der Waals surface area contributed by atoms with Crippen LogP contribution < -0.4 is 5.56 Å². The number of morpholine rings is 1. The Balaban J connectivity index is 1.62. The van der Waals surface area contributed by atoms with E-state index in [4.69, 9.17) is 10.00 Å². The van der Waals surface area contributed by atoms with E-state index in [0.717, 1.165) is 5.56 Å². The Morgan fingerprint density at radius 1 is 1.21 bits per heavy atom. The number of hydrogen-bond acceptors (Lipinski definition) is 5. The summed E-state index contributed by atoms with van der Waals surface area (Å²) in [5.41, 5.74) is 1.33. The highest BCUT2D eigenvalue weighted by molar-refractivity contribution is 5.77. The van der Waals surface area contributed by atoms with Gasteiger partial charge in [-0.15, -0.1) is 0 Å². The maximum absolute atomic E-state index is 13.2. The Morgan fingerprint density at radius 3 is 2.79 bits per heavy atom. The summed E-state index contributed by atoms with van der Waals surface area (Å²) in [6, 6.07) is 15.5. The van der Waals surface area contributed by atoms with E-state index in [1.54, 1.807) is 30.3 Å². The van der Waals surface area contributed by atoms with Crippen LogP contribution in [0.1, 0.15) is 17.5 Å². The first-order valence-electron chi connectivity index (χ1n) is 9.10. The Kier molecular flexibility index (Phi) is 5.15. The van der Waals surface area contributed by atoms with Gasteiger partial charge in [-0.05, 0) is 29.8 Å². The fourth-order valence-corrected chi connectivity index (χ4v) is 3.49. The molecule has 6 nitrogen and oxygen atoms in total. The topological polar surface area (TPSA) is 71.2 Å². The third-order valence-corrected chi connectivity index (χ3v) is 4.93. The number of para-hydroxylation sites is 1. The molecule has 0 amide bonds. The predicted molar refractivity (Wildman–Crippen MR) is 102 cm³/mol. The lowest BCUT2D eigenvalue weighted by Crippen LogP contribution is -2.39. The number of ether oxygens (including phenoxy) is 1. The molecule has 0 radical (unpaired) electrons. The molecule has 0 saturated carbocycles. The van der Waals surface area contributed by atoms with Crippen LogP contribution in [0.15, 0.2) is 53.3 Å². The molecule has 0 aliphatic carbocycles. The van der Waals surface area contributed by atoms with Crippen LogP contribution in [-0.2, 0) is 17.8 Å². The first kappa shape index (κ1) is 18.3. The van der Waals surface area contributed by atoms with E-state index in [1.165, 1.54) is 16.7 Å². The van der Waals surface area contributed by atoms with Gasteiger partial charge in [0, 0.05) is 13.1 Å². The zero-order valence-electron chi connectivity index (χ0n) is 15.2. The number of halogens is 1. The molecular formula is C21H19FN4O2. The summed E-state index contributed by atoms with van der Waals surface area (Å²) in [4.78, 5) is 19.6. The van der Waals surface area contributed by atoms with Crippen molar-refractivity contribution >= 4 is 10.9 Å². The van der Waals surface area contributed by atoms with E-state index in [9.17, 15) is 9.18 Å². The van der Waals surface area contributed by atoms with Crippen LogP contribution in [0.4, 0.5) is 4.39 Å². The minimum Gasteiger partial charge on any atom is -0.371 e. The SMILES string of the molecule is N#CCn1c(CN2CCO[C@@H](c3ccc(F)cc3)C2)nc2ccccc2c1=O. The van der Waals surface area contributed by atoms with E-state index in [0.29, 0.717) is 43.0 Å². The molecule has 1 aliphatic rings. The second-order valence-corrected chi connectivity index (χ2v) is 6.74. The number of rotatable bonds is 4. The Labute approximate surface area is 161 Å². The normalized spacial score (nSPS) is 17.5. The molecule has 1 fully saturated rings. The number of benzene rings is 2. The molecule has 2 aromatic carbocycles. The number of nitrogens with zero attached hydrogens (tertiary/aromatic N) is 4. The smallest absolute Gasteiger partial charge is 0.262 e. The minimum absolute atomic E-state index is 0.0439. The van der Waals surface area contributed by atoms with Crippen LogP contribution >= 0.6 is 0 Å². The number of nitriles is 1. The average Bonchev–Trinajstić information content (AvgIpc) is 2.72. The number of fused-ring (bicyclic) bond motifs is 1. The summed E-state index contributed by atoms with van der Waals surface area (Å²) < 4.78 is 20.5. The van der Waals surface area contributed by atoms with Gasteiger partial charge in [0.05, 0.1) is 36.2 Å². The lowest BCUT2D eigenvalue weighted by molar-refractivity contribution is -0.0340. The molecule has 0 N–H and O–H groups in total. The third kappa shape index (κ3) is 3.65. The van der Waals surface area contributed by atoms with Crippen LogP contribution in [0.5, 0.6) is 0 Å². The van der Waals surface area contributed by atoms with Gasteiger partial charge in [0.1, 0.15) is 18.2 Å². The summed E-state index contributed by atoms with van der Waals surface area (Å²) in [7, 11) is 0. The molecule has 1 atom stereocenters. The van der Waals surface area contributed by atoms with E-state index in [-0.39, 0.29) is 24.0 Å². The van der Waals surface area contributed by atoms with Crippen molar-refractivity contribution < 1.29 is 9.13 Å². The van der Waals surface area contributed by atoms with Crippen LogP contribution in [0.2, 0.25) is 0 Å². The zero-order valence-corrected chi connectivity index (χ0v) is 15.2. The monoisotopic (exact) mass is 378 g/mol. The summed E-state index contributed by atoms with van der Waals surface area (Å²) >= 11 is 0. The Bertz CT molecular complexity index is 1090. The molecule has 1 aliphatic heterocycles. The van der Waals surface area contributed by atoms with E-state index in [1.807, 2.05) is 6.07 Å². The second-order valence-electron chi connectivity index (χ2n) is 6.74. The maximum Gasteiger partial charge on any atom is 0.262 e. The van der Waals surface area contributed by atoms with Gasteiger partial charge in [-0.3, -0.25) is 14.3 Å². The van der Waals surface area contributed by atoms with Crippen molar-refractivity contribution in [2.75, 3.05) is 19.7 Å². The highest BCUT2D eigenvalue weighted by Gasteiger charge is 2.24. The molecule has 1 saturated heterocycles. The van der Waals surface area contributed by atoms with Gasteiger partial charge in [0.25, 0.3) is 5.56 Å². The standard InChI is InChI=1S/C21H19FN4O2/c22-16-7-5-15(6-8-16)19-13-25(11-12-28-19)14-20-24-18-4-2-1-3-17(18)21(27)26(20)10-9-23/h1-8,19H,10-14H2/t19-/m1/s1. The number of aromatic nitrogens is 2. The van der Waals surface area contributed by atoms with Gasteiger partial charge in [-0.2, -0.15) is 5.26 Å². The number of hydrogen-bond donors (Lipinski definition) is 0. The van der Waals surface area contributed by atoms with Crippen molar-refractivity contribution in [2.45, 2.75) is 19.2 Å². The molecule has 0 bridgehead atoms. The Hall–Kier alpha value is -3.08. The van der Waals surface area contributed by atoms with Crippen molar-refractivity contribution in [1.82, 2.24) is 14.5 Å². The first-order chi connectivity index (χ1) is 13.7. The first-order valence-corrected chi connectivity index (χ1v) is 9.10. The molecule has 1 aromatic heterocycles. The highest BCUT2D eigenvalue weighted by atomic mass is 19.1. The Morgan fingerprint density at radius 2 is 2.00 bits per heavy atom. The molecule has 142 valence electrons. The fourth-order valence-electron chi connectivity index (χ4n) is 3.49. The molecular weight excluding hydrogens is 359 g/mol. The third-order valence-electron chi connectivity index (χ3n) is 4.93. The lowest BCUT2D eigenvalue weighted by Gasteiger charge is -2.33. The minimum atomic E-state index is -0.280. The van der Waals surface area contributed by atoms with Gasteiger partial charge in [0.2, 0.25) is 0 Å². The molecule has 3 aromatic rings. The summed E-state index contributed by atoms with van der Waals surface area (Å²) in [5, 5.41) is 9.67. The predicted octanol–water partition coefficient (Wildman–Crippen LogP) is 2.63. The van der Waals surface area contributed by atoms with E-state index < -0.39 is 0 Å². The quantitative estimate of drug-likeness (QED) is 0.698. The lowest BCUT2D eigenvalue weighted by atomic mass is 10.1.